The van der Waals surface area contributed by atoms with Crippen molar-refractivity contribution in [1.29, 1.82) is 0 Å². The smallest absolute Gasteiger partial charge is 0.324 e. The number of hydrogen-bond acceptors (Lipinski definition) is 4. The zero-order chi connectivity index (χ0) is 17.5. The Morgan fingerprint density at radius 1 is 1.21 bits per heavy atom. The van der Waals surface area contributed by atoms with Crippen molar-refractivity contribution in [1.82, 2.24) is 5.32 Å². The van der Waals surface area contributed by atoms with E-state index in [9.17, 15) is 24.6 Å². The molecule has 2 saturated carbocycles. The highest BCUT2D eigenvalue weighted by Gasteiger charge is 2.74. The molecule has 2 fully saturated rings. The highest BCUT2D eigenvalue weighted by molar-refractivity contribution is 5.95. The van der Waals surface area contributed by atoms with Gasteiger partial charge in [0.25, 0.3) is 5.91 Å². The van der Waals surface area contributed by atoms with Gasteiger partial charge in [-0.15, -0.1) is 0 Å². The van der Waals surface area contributed by atoms with Gasteiger partial charge in [-0.3, -0.25) is 14.4 Å². The van der Waals surface area contributed by atoms with Crippen LogP contribution in [0.4, 0.5) is 0 Å². The van der Waals surface area contributed by atoms with Gasteiger partial charge in [-0.2, -0.15) is 0 Å². The number of carbonyl (C=O) groups is 3. The fourth-order valence-electron chi connectivity index (χ4n) is 3.69. The predicted octanol–water partition coefficient (Wildman–Crippen LogP) is -0.344. The molecule has 5 atom stereocenters. The Labute approximate surface area is 137 Å². The number of carboxylic acids is 2. The summed E-state index contributed by atoms with van der Waals surface area (Å²) in [5.41, 5.74) is 4.94. The molecule has 0 spiro atoms. The van der Waals surface area contributed by atoms with Crippen LogP contribution in [0, 0.1) is 29.6 Å². The first-order chi connectivity index (χ1) is 11.3. The number of carboxylic acid groups (broad SMARTS) is 2. The van der Waals surface area contributed by atoms with Crippen LogP contribution >= 0.6 is 0 Å². The van der Waals surface area contributed by atoms with Crippen LogP contribution < -0.4 is 11.1 Å². The summed E-state index contributed by atoms with van der Waals surface area (Å²) in [4.78, 5) is 34.6. The van der Waals surface area contributed by atoms with Gasteiger partial charge >= 0.3 is 11.9 Å². The molecule has 0 heterocycles. The van der Waals surface area contributed by atoms with Crippen LogP contribution in [0.5, 0.6) is 0 Å². The summed E-state index contributed by atoms with van der Waals surface area (Å²) in [6.45, 7) is 0. The lowest BCUT2D eigenvalue weighted by atomic mass is 9.90. The number of nitrogens with one attached hydrogen (secondary N) is 1. The second-order valence-electron chi connectivity index (χ2n) is 6.21. The molecular formula is C17H16N2O5. The molecule has 5 unspecified atom stereocenters. The van der Waals surface area contributed by atoms with E-state index in [1.165, 1.54) is 0 Å². The molecule has 3 rings (SSSR count). The number of hydrogen-bond donors (Lipinski definition) is 4. The number of rotatable bonds is 3. The van der Waals surface area contributed by atoms with Gasteiger partial charge in [0.15, 0.2) is 0 Å². The van der Waals surface area contributed by atoms with E-state index in [4.69, 9.17) is 5.73 Å². The van der Waals surface area contributed by atoms with Crippen LogP contribution in [0.2, 0.25) is 0 Å². The first-order valence-corrected chi connectivity index (χ1v) is 7.47. The van der Waals surface area contributed by atoms with Crippen LogP contribution in [0.15, 0.2) is 30.3 Å². The first-order valence-electron chi connectivity index (χ1n) is 7.47. The van der Waals surface area contributed by atoms with E-state index >= 15 is 0 Å². The number of fused-ring (bicyclic) bond motifs is 1. The summed E-state index contributed by atoms with van der Waals surface area (Å²) in [7, 11) is 0. The predicted molar refractivity (Wildman–Crippen MR) is 82.5 cm³/mol. The van der Waals surface area contributed by atoms with E-state index in [1.807, 2.05) is 6.07 Å². The van der Waals surface area contributed by atoms with Crippen molar-refractivity contribution in [2.45, 2.75) is 18.0 Å². The van der Waals surface area contributed by atoms with E-state index in [0.29, 0.717) is 5.56 Å². The lowest BCUT2D eigenvalue weighted by molar-refractivity contribution is -0.145. The number of nitrogens with two attached hydrogens (primary N) is 1. The molecule has 124 valence electrons. The molecule has 0 aromatic heterocycles. The van der Waals surface area contributed by atoms with E-state index in [2.05, 4.69) is 17.2 Å². The fourth-order valence-corrected chi connectivity index (χ4v) is 3.69. The summed E-state index contributed by atoms with van der Waals surface area (Å²) in [5, 5.41) is 21.1. The van der Waals surface area contributed by atoms with Gasteiger partial charge in [0, 0.05) is 23.4 Å². The third-order valence-electron chi connectivity index (χ3n) is 4.79. The van der Waals surface area contributed by atoms with Crippen molar-refractivity contribution in [2.24, 2.45) is 23.5 Å². The summed E-state index contributed by atoms with van der Waals surface area (Å²) in [5.74, 6) is 0.249. The highest BCUT2D eigenvalue weighted by Crippen LogP contribution is 2.61. The van der Waals surface area contributed by atoms with Crippen molar-refractivity contribution in [2.75, 3.05) is 0 Å². The minimum Gasteiger partial charge on any atom is -0.481 e. The Morgan fingerprint density at radius 3 is 2.46 bits per heavy atom. The van der Waals surface area contributed by atoms with Gasteiger partial charge < -0.3 is 21.3 Å². The van der Waals surface area contributed by atoms with E-state index in [1.54, 1.807) is 24.3 Å². The highest BCUT2D eigenvalue weighted by atomic mass is 16.4. The maximum Gasteiger partial charge on any atom is 0.324 e. The average Bonchev–Trinajstić information content (AvgIpc) is 3.23. The molecular weight excluding hydrogens is 312 g/mol. The van der Waals surface area contributed by atoms with Gasteiger partial charge in [-0.05, 0) is 24.5 Å². The second-order valence-corrected chi connectivity index (χ2v) is 6.21. The maximum atomic E-state index is 12.0. The van der Waals surface area contributed by atoms with Crippen LogP contribution in [0.1, 0.15) is 12.0 Å². The van der Waals surface area contributed by atoms with Crippen molar-refractivity contribution >= 4 is 17.8 Å². The van der Waals surface area contributed by atoms with Crippen molar-refractivity contribution in [3.8, 4) is 11.8 Å². The average molecular weight is 328 g/mol. The second kappa shape index (κ2) is 5.65. The van der Waals surface area contributed by atoms with E-state index in [0.717, 1.165) is 0 Å². The van der Waals surface area contributed by atoms with Gasteiger partial charge in [-0.1, -0.05) is 24.1 Å². The number of aliphatic carboxylic acids is 2. The third-order valence-corrected chi connectivity index (χ3v) is 4.79. The summed E-state index contributed by atoms with van der Waals surface area (Å²) in [6, 6.07) is 8.32. The molecule has 1 aromatic rings. The van der Waals surface area contributed by atoms with Crippen LogP contribution in [-0.4, -0.2) is 39.6 Å². The Balaban J connectivity index is 1.72. The molecule has 0 radical (unpaired) electrons. The minimum absolute atomic E-state index is 0.000202. The summed E-state index contributed by atoms with van der Waals surface area (Å²) < 4.78 is 0. The lowest BCUT2D eigenvalue weighted by Gasteiger charge is -2.24. The zero-order valence-electron chi connectivity index (χ0n) is 12.6. The molecule has 24 heavy (non-hydrogen) atoms. The number of carbonyl (C=O) groups excluding carboxylic acids is 1. The summed E-state index contributed by atoms with van der Waals surface area (Å²) in [6.07, 6.45) is 0.000202. The number of amides is 1. The van der Waals surface area contributed by atoms with Crippen molar-refractivity contribution in [3.63, 3.8) is 0 Å². The topological polar surface area (TPSA) is 130 Å². The monoisotopic (exact) mass is 328 g/mol. The molecule has 2 aliphatic rings. The minimum atomic E-state index is -1.63. The summed E-state index contributed by atoms with van der Waals surface area (Å²) >= 11 is 0. The SMILES string of the molecule is NC1(C(=O)O)CC(NC(=O)C#Cc2ccccc2)C2C(C(=O)O)C21. The zero-order valence-corrected chi connectivity index (χ0v) is 12.6. The van der Waals surface area contributed by atoms with Gasteiger partial charge in [-0.25, -0.2) is 0 Å². The van der Waals surface area contributed by atoms with Crippen LogP contribution in [-0.2, 0) is 14.4 Å². The standard InChI is InChI=1S/C17H16N2O5/c18-17(16(23)24)8-10(12-13(14(12)17)15(21)22)19-11(20)7-6-9-4-2-1-3-5-9/h1-5,10,12-14H,8,18H2,(H,19,20)(H,21,22)(H,23,24). The Hall–Kier alpha value is -2.85. The Bertz CT molecular complexity index is 766. The quantitative estimate of drug-likeness (QED) is 0.562. The molecule has 1 amide bonds. The van der Waals surface area contributed by atoms with Gasteiger partial charge in [0.05, 0.1) is 5.92 Å². The normalized spacial score (nSPS) is 32.9. The van der Waals surface area contributed by atoms with Crippen molar-refractivity contribution < 1.29 is 24.6 Å². The molecule has 0 bridgehead atoms. The third kappa shape index (κ3) is 2.61. The number of benzene rings is 1. The Morgan fingerprint density at radius 2 is 1.88 bits per heavy atom. The molecule has 2 aliphatic carbocycles. The lowest BCUT2D eigenvalue weighted by Crippen LogP contribution is -2.52. The van der Waals surface area contributed by atoms with Gasteiger partial charge in [0.1, 0.15) is 5.54 Å². The molecule has 0 aliphatic heterocycles. The van der Waals surface area contributed by atoms with Crippen molar-refractivity contribution in [3.05, 3.63) is 35.9 Å². The molecule has 5 N–H and O–H groups in total. The first kappa shape index (κ1) is 16.0. The molecule has 0 saturated heterocycles. The fraction of sp³-hybridized carbons (Fsp3) is 0.353. The maximum absolute atomic E-state index is 12.0. The largest absolute Gasteiger partial charge is 0.481 e. The molecule has 1 aromatic carbocycles. The van der Waals surface area contributed by atoms with Crippen LogP contribution in [0.25, 0.3) is 0 Å². The van der Waals surface area contributed by atoms with E-state index < -0.39 is 47.2 Å². The molecule has 7 nitrogen and oxygen atoms in total. The van der Waals surface area contributed by atoms with Gasteiger partial charge in [0.2, 0.25) is 0 Å². The Kier molecular flexibility index (Phi) is 3.78. The van der Waals surface area contributed by atoms with Crippen LogP contribution in [0.3, 0.4) is 0 Å². The van der Waals surface area contributed by atoms with E-state index in [-0.39, 0.29) is 6.42 Å². The molecule has 7 heteroatoms.